The molecule has 0 unspecified atom stereocenters. The Morgan fingerprint density at radius 2 is 2.24 bits per heavy atom. The van der Waals surface area contributed by atoms with Crippen LogP contribution >= 0.6 is 11.3 Å². The summed E-state index contributed by atoms with van der Waals surface area (Å²) in [5.41, 5.74) is 3.02. The fraction of sp³-hybridized carbons (Fsp3) is 0.632. The van der Waals surface area contributed by atoms with Crippen LogP contribution in [0.25, 0.3) is 10.2 Å². The maximum atomic E-state index is 12.7. The second kappa shape index (κ2) is 5.94. The number of aryl methyl sites for hydroxylation is 1. The molecular weight excluding hydrogens is 334 g/mol. The van der Waals surface area contributed by atoms with Gasteiger partial charge in [-0.15, -0.1) is 11.3 Å². The molecule has 5 nitrogen and oxygen atoms in total. The van der Waals surface area contributed by atoms with Gasteiger partial charge in [-0.05, 0) is 53.9 Å². The van der Waals surface area contributed by atoms with E-state index < -0.39 is 0 Å². The average molecular weight is 359 g/mol. The Morgan fingerprint density at radius 1 is 1.44 bits per heavy atom. The zero-order valence-corrected chi connectivity index (χ0v) is 15.9. The van der Waals surface area contributed by atoms with E-state index >= 15 is 0 Å². The van der Waals surface area contributed by atoms with Crippen LogP contribution in [0.2, 0.25) is 0 Å². The first kappa shape index (κ1) is 16.8. The highest BCUT2D eigenvalue weighted by Crippen LogP contribution is 2.61. The predicted octanol–water partition coefficient (Wildman–Crippen LogP) is 3.55. The first-order valence-corrected chi connectivity index (χ1v) is 10.1. The molecule has 6 heteroatoms. The fourth-order valence-electron chi connectivity index (χ4n) is 4.92. The number of aromatic nitrogens is 2. The number of hydrogen-bond acceptors (Lipinski definition) is 4. The third-order valence-corrected chi connectivity index (χ3v) is 7.38. The highest BCUT2D eigenvalue weighted by Gasteiger charge is 2.54. The fourth-order valence-corrected chi connectivity index (χ4v) is 5.70. The van der Waals surface area contributed by atoms with Crippen LogP contribution in [0.5, 0.6) is 0 Å². The molecule has 2 bridgehead atoms. The Kier molecular flexibility index (Phi) is 3.98. The number of amides is 1. The third kappa shape index (κ3) is 2.62. The van der Waals surface area contributed by atoms with Crippen molar-refractivity contribution in [1.29, 1.82) is 0 Å². The Bertz CT molecular complexity index is 880. The number of thiophene rings is 1. The van der Waals surface area contributed by atoms with Gasteiger partial charge in [0.05, 0.1) is 5.39 Å². The first-order valence-electron chi connectivity index (χ1n) is 9.20. The van der Waals surface area contributed by atoms with E-state index in [1.165, 1.54) is 28.9 Å². The minimum Gasteiger partial charge on any atom is -0.273 e. The van der Waals surface area contributed by atoms with Gasteiger partial charge in [0.15, 0.2) is 0 Å². The van der Waals surface area contributed by atoms with Crippen molar-refractivity contribution in [3.05, 3.63) is 27.6 Å². The minimum atomic E-state index is -0.177. The summed E-state index contributed by atoms with van der Waals surface area (Å²) in [6.45, 7) is 6.62. The van der Waals surface area contributed by atoms with Crippen molar-refractivity contribution in [1.82, 2.24) is 9.66 Å². The zero-order chi connectivity index (χ0) is 17.8. The zero-order valence-electron chi connectivity index (χ0n) is 15.0. The topological polar surface area (TPSA) is 64.0 Å². The molecule has 2 heterocycles. The number of carbonyl (C=O) groups excluding carboxylic acids is 1. The summed E-state index contributed by atoms with van der Waals surface area (Å²) in [5, 5.41) is 2.44. The lowest BCUT2D eigenvalue weighted by Crippen LogP contribution is -2.53. The van der Waals surface area contributed by atoms with Crippen LogP contribution in [0.1, 0.15) is 52.3 Å². The van der Waals surface area contributed by atoms with Gasteiger partial charge < -0.3 is 0 Å². The second-order valence-corrected chi connectivity index (χ2v) is 8.99. The van der Waals surface area contributed by atoms with Crippen LogP contribution < -0.4 is 11.0 Å². The van der Waals surface area contributed by atoms with Crippen molar-refractivity contribution in [2.24, 2.45) is 23.2 Å². The number of rotatable bonds is 4. The lowest BCUT2D eigenvalue weighted by Gasteiger charge is -2.60. The second-order valence-electron chi connectivity index (χ2n) is 8.10. The van der Waals surface area contributed by atoms with Gasteiger partial charge in [-0.25, -0.2) is 9.66 Å². The van der Waals surface area contributed by atoms with Gasteiger partial charge in [-0.3, -0.25) is 15.0 Å². The van der Waals surface area contributed by atoms with Gasteiger partial charge in [-0.2, -0.15) is 0 Å². The molecule has 0 aliphatic heterocycles. The predicted molar refractivity (Wildman–Crippen MR) is 100 cm³/mol. The van der Waals surface area contributed by atoms with Crippen molar-refractivity contribution >= 4 is 27.5 Å². The average Bonchev–Trinajstić information content (AvgIpc) is 3.05. The number of hydrogen-bond donors (Lipinski definition) is 1. The van der Waals surface area contributed by atoms with Crippen LogP contribution in [0, 0.1) is 23.2 Å². The molecular formula is C19H25N3O2S. The number of fused-ring (bicyclic) bond motifs is 3. The molecule has 2 aromatic rings. The Labute approximate surface area is 151 Å². The molecule has 3 aliphatic carbocycles. The van der Waals surface area contributed by atoms with E-state index in [1.54, 1.807) is 6.07 Å². The minimum absolute atomic E-state index is 0.0701. The van der Waals surface area contributed by atoms with E-state index in [4.69, 9.17) is 0 Å². The quantitative estimate of drug-likeness (QED) is 0.908. The molecule has 0 saturated heterocycles. The highest BCUT2D eigenvalue weighted by molar-refractivity contribution is 7.16. The van der Waals surface area contributed by atoms with Crippen molar-refractivity contribution in [3.8, 4) is 0 Å². The smallest absolute Gasteiger partial charge is 0.273 e. The van der Waals surface area contributed by atoms with Crippen LogP contribution in [-0.2, 0) is 11.2 Å². The molecule has 5 rings (SSSR count). The van der Waals surface area contributed by atoms with Crippen LogP contribution in [0.4, 0.5) is 0 Å². The summed E-state index contributed by atoms with van der Waals surface area (Å²) in [6, 6.07) is 1.77. The molecule has 0 spiro atoms. The molecule has 0 aromatic carbocycles. The normalized spacial score (nSPS) is 27.1. The lowest BCUT2D eigenvalue weighted by atomic mass is 9.45. The molecule has 3 aliphatic rings. The maximum Gasteiger partial charge on any atom is 0.281 e. The summed E-state index contributed by atoms with van der Waals surface area (Å²) in [4.78, 5) is 30.6. The van der Waals surface area contributed by atoms with E-state index in [0.717, 1.165) is 17.2 Å². The van der Waals surface area contributed by atoms with E-state index in [0.29, 0.717) is 41.3 Å². The van der Waals surface area contributed by atoms with Gasteiger partial charge in [0.2, 0.25) is 5.91 Å². The van der Waals surface area contributed by atoms with E-state index in [9.17, 15) is 9.59 Å². The summed E-state index contributed by atoms with van der Waals surface area (Å²) >= 11 is 1.46. The lowest BCUT2D eigenvalue weighted by molar-refractivity contribution is -0.129. The van der Waals surface area contributed by atoms with Crippen molar-refractivity contribution in [3.63, 3.8) is 0 Å². The summed E-state index contributed by atoms with van der Waals surface area (Å²) < 4.78 is 1.36. The Balaban J connectivity index is 1.54. The van der Waals surface area contributed by atoms with Gasteiger partial charge in [-0.1, -0.05) is 20.8 Å². The molecule has 0 radical (unpaired) electrons. The maximum absolute atomic E-state index is 12.7. The van der Waals surface area contributed by atoms with Crippen LogP contribution in [0.3, 0.4) is 0 Å². The SMILES string of the molecule is CCc1nc2sccc2c(=O)n1NC(=O)C[C@@H]1CC[C@H]2C[C@H]1C2(C)C. The van der Waals surface area contributed by atoms with E-state index in [2.05, 4.69) is 24.3 Å². The molecule has 1 N–H and O–H groups in total. The number of nitrogens with one attached hydrogen (secondary N) is 1. The summed E-state index contributed by atoms with van der Waals surface area (Å²) in [5.74, 6) is 2.44. The van der Waals surface area contributed by atoms with Crippen molar-refractivity contribution < 1.29 is 4.79 Å². The molecule has 3 atom stereocenters. The largest absolute Gasteiger partial charge is 0.281 e. The van der Waals surface area contributed by atoms with Crippen LogP contribution in [0.15, 0.2) is 16.2 Å². The summed E-state index contributed by atoms with van der Waals surface area (Å²) in [6.07, 6.45) is 4.71. The molecule has 3 saturated carbocycles. The van der Waals surface area contributed by atoms with E-state index in [-0.39, 0.29) is 11.5 Å². The Morgan fingerprint density at radius 3 is 2.92 bits per heavy atom. The molecule has 134 valence electrons. The molecule has 3 fully saturated rings. The van der Waals surface area contributed by atoms with E-state index in [1.807, 2.05) is 12.3 Å². The van der Waals surface area contributed by atoms with Gasteiger partial charge in [0.1, 0.15) is 10.7 Å². The molecule has 25 heavy (non-hydrogen) atoms. The number of nitrogens with zero attached hydrogens (tertiary/aromatic N) is 2. The van der Waals surface area contributed by atoms with Crippen molar-refractivity contribution in [2.45, 2.75) is 52.9 Å². The summed E-state index contributed by atoms with van der Waals surface area (Å²) in [7, 11) is 0. The monoisotopic (exact) mass is 359 g/mol. The standard InChI is InChI=1S/C19H25N3O2S/c1-4-15-20-17-13(7-8-25-17)18(24)22(15)21-16(23)9-11-5-6-12-10-14(11)19(12,2)3/h7-8,11-12,14H,4-6,9-10H2,1-3H3,(H,21,23)/t11-,12-,14+/m0/s1. The Hall–Kier alpha value is -1.69. The van der Waals surface area contributed by atoms with Gasteiger partial charge in [0, 0.05) is 12.8 Å². The number of carbonyl (C=O) groups is 1. The van der Waals surface area contributed by atoms with Gasteiger partial charge in [0.25, 0.3) is 5.56 Å². The third-order valence-electron chi connectivity index (χ3n) is 6.57. The molecule has 2 aromatic heterocycles. The van der Waals surface area contributed by atoms with Gasteiger partial charge >= 0.3 is 0 Å². The first-order chi connectivity index (χ1) is 11.9. The van der Waals surface area contributed by atoms with Crippen LogP contribution in [-0.4, -0.2) is 15.6 Å². The molecule has 1 amide bonds. The van der Waals surface area contributed by atoms with Crippen molar-refractivity contribution in [2.75, 3.05) is 5.43 Å². The highest BCUT2D eigenvalue weighted by atomic mass is 32.1.